The van der Waals surface area contributed by atoms with Gasteiger partial charge in [-0.2, -0.15) is 4.98 Å². The first kappa shape index (κ1) is 14.3. The van der Waals surface area contributed by atoms with Crippen molar-refractivity contribution >= 4 is 5.69 Å². The highest BCUT2D eigenvalue weighted by Crippen LogP contribution is 2.23. The first-order valence-electron chi connectivity index (χ1n) is 6.51. The summed E-state index contributed by atoms with van der Waals surface area (Å²) in [4.78, 5) is 8.56. The van der Waals surface area contributed by atoms with Gasteiger partial charge in [-0.15, -0.1) is 0 Å². The van der Waals surface area contributed by atoms with Crippen molar-refractivity contribution < 1.29 is 9.26 Å². The van der Waals surface area contributed by atoms with Crippen LogP contribution in [0.25, 0.3) is 0 Å². The average molecular weight is 276 g/mol. The highest BCUT2D eigenvalue weighted by Gasteiger charge is 2.23. The topological polar surface area (TPSA) is 73.1 Å². The average Bonchev–Trinajstić information content (AvgIpc) is 2.89. The highest BCUT2D eigenvalue weighted by atomic mass is 16.5. The van der Waals surface area contributed by atoms with Crippen LogP contribution in [0.2, 0.25) is 0 Å². The van der Waals surface area contributed by atoms with Gasteiger partial charge in [-0.25, -0.2) is 4.98 Å². The van der Waals surface area contributed by atoms with Crippen molar-refractivity contribution in [3.05, 3.63) is 30.0 Å². The van der Waals surface area contributed by atoms with E-state index < -0.39 is 0 Å². The summed E-state index contributed by atoms with van der Waals surface area (Å²) in [5.41, 5.74) is 0.747. The number of hydrogen-bond donors (Lipinski definition) is 1. The molecule has 0 radical (unpaired) electrons. The van der Waals surface area contributed by atoms with E-state index in [1.54, 1.807) is 19.4 Å². The number of anilines is 1. The van der Waals surface area contributed by atoms with Crippen LogP contribution in [0.3, 0.4) is 0 Å². The van der Waals surface area contributed by atoms with E-state index in [0.717, 1.165) is 5.69 Å². The van der Waals surface area contributed by atoms with E-state index in [2.05, 4.69) is 20.4 Å². The summed E-state index contributed by atoms with van der Waals surface area (Å²) >= 11 is 0. The summed E-state index contributed by atoms with van der Waals surface area (Å²) in [5.74, 6) is 1.84. The third kappa shape index (κ3) is 3.26. The summed E-state index contributed by atoms with van der Waals surface area (Å²) in [6.07, 6.45) is 1.70. The van der Waals surface area contributed by atoms with Crippen LogP contribution >= 0.6 is 0 Å². The second-order valence-corrected chi connectivity index (χ2v) is 5.66. The lowest BCUT2D eigenvalue weighted by Crippen LogP contribution is -2.14. The van der Waals surface area contributed by atoms with E-state index in [9.17, 15) is 0 Å². The molecule has 6 heteroatoms. The Morgan fingerprint density at radius 3 is 2.55 bits per heavy atom. The maximum absolute atomic E-state index is 5.30. The number of ether oxygens (including phenoxy) is 1. The van der Waals surface area contributed by atoms with Gasteiger partial charge in [0.2, 0.25) is 11.8 Å². The molecule has 2 rings (SSSR count). The Labute approximate surface area is 118 Å². The zero-order chi connectivity index (χ0) is 14.8. The van der Waals surface area contributed by atoms with Crippen LogP contribution in [0.1, 0.15) is 45.5 Å². The molecule has 0 aliphatic rings. The fourth-order valence-corrected chi connectivity index (χ4v) is 1.61. The number of rotatable bonds is 4. The van der Waals surface area contributed by atoms with Crippen LogP contribution in [0, 0.1) is 0 Å². The molecule has 0 aromatic carbocycles. The fraction of sp³-hybridized carbons (Fsp3) is 0.500. The van der Waals surface area contributed by atoms with Crippen molar-refractivity contribution in [2.45, 2.75) is 39.2 Å². The van der Waals surface area contributed by atoms with E-state index in [1.165, 1.54) is 0 Å². The quantitative estimate of drug-likeness (QED) is 0.925. The maximum atomic E-state index is 5.30. The lowest BCUT2D eigenvalue weighted by Gasteiger charge is -2.12. The van der Waals surface area contributed by atoms with Gasteiger partial charge in [0.05, 0.1) is 19.0 Å². The minimum Gasteiger partial charge on any atom is -0.481 e. The molecule has 0 saturated carbocycles. The highest BCUT2D eigenvalue weighted by molar-refractivity contribution is 5.43. The third-order valence-corrected chi connectivity index (χ3v) is 2.81. The number of nitrogens with zero attached hydrogens (tertiary/aromatic N) is 3. The number of nitrogens with one attached hydrogen (secondary N) is 1. The largest absolute Gasteiger partial charge is 0.481 e. The van der Waals surface area contributed by atoms with Gasteiger partial charge in [-0.1, -0.05) is 25.9 Å². The molecule has 1 atom stereocenters. The van der Waals surface area contributed by atoms with Gasteiger partial charge in [0.15, 0.2) is 5.82 Å². The van der Waals surface area contributed by atoms with Crippen molar-refractivity contribution in [1.29, 1.82) is 0 Å². The molecule has 0 amide bonds. The Balaban J connectivity index is 2.07. The summed E-state index contributed by atoms with van der Waals surface area (Å²) in [7, 11) is 1.59. The van der Waals surface area contributed by atoms with Crippen LogP contribution < -0.4 is 10.1 Å². The van der Waals surface area contributed by atoms with E-state index in [4.69, 9.17) is 9.26 Å². The van der Waals surface area contributed by atoms with Crippen LogP contribution in [0.5, 0.6) is 5.88 Å². The molecule has 0 aliphatic heterocycles. The second kappa shape index (κ2) is 5.48. The van der Waals surface area contributed by atoms with Gasteiger partial charge < -0.3 is 14.6 Å². The van der Waals surface area contributed by atoms with E-state index in [-0.39, 0.29) is 11.5 Å². The van der Waals surface area contributed by atoms with Crippen molar-refractivity contribution in [1.82, 2.24) is 15.1 Å². The molecular weight excluding hydrogens is 256 g/mol. The summed E-state index contributed by atoms with van der Waals surface area (Å²) in [5, 5.41) is 7.28. The summed E-state index contributed by atoms with van der Waals surface area (Å²) in [6.45, 7) is 8.11. The zero-order valence-corrected chi connectivity index (χ0v) is 12.5. The Kier molecular flexibility index (Phi) is 3.92. The fourth-order valence-electron chi connectivity index (χ4n) is 1.61. The molecule has 2 heterocycles. The number of hydrogen-bond acceptors (Lipinski definition) is 6. The molecule has 0 aliphatic carbocycles. The normalized spacial score (nSPS) is 13.1. The van der Waals surface area contributed by atoms with E-state index in [0.29, 0.717) is 17.6 Å². The molecule has 1 N–H and O–H groups in total. The number of pyridine rings is 1. The van der Waals surface area contributed by atoms with E-state index >= 15 is 0 Å². The Morgan fingerprint density at radius 1 is 1.30 bits per heavy atom. The smallest absolute Gasteiger partial charge is 0.248 e. The number of methoxy groups -OCH3 is 1. The van der Waals surface area contributed by atoms with Crippen LogP contribution in [-0.2, 0) is 5.41 Å². The van der Waals surface area contributed by atoms with Crippen LogP contribution in [-0.4, -0.2) is 22.2 Å². The Hall–Kier alpha value is -2.11. The monoisotopic (exact) mass is 276 g/mol. The van der Waals surface area contributed by atoms with Gasteiger partial charge in [-0.05, 0) is 13.0 Å². The van der Waals surface area contributed by atoms with Gasteiger partial charge in [0.25, 0.3) is 0 Å². The lowest BCUT2D eigenvalue weighted by atomic mass is 9.96. The second-order valence-electron chi connectivity index (χ2n) is 5.66. The summed E-state index contributed by atoms with van der Waals surface area (Å²) < 4.78 is 10.3. The van der Waals surface area contributed by atoms with E-state index in [1.807, 2.05) is 33.8 Å². The predicted octanol–water partition coefficient (Wildman–Crippen LogP) is 2.94. The summed E-state index contributed by atoms with van der Waals surface area (Å²) in [6, 6.07) is 3.60. The molecule has 0 fully saturated rings. The third-order valence-electron chi connectivity index (χ3n) is 2.81. The minimum atomic E-state index is -0.122. The van der Waals surface area contributed by atoms with Crippen molar-refractivity contribution in [3.8, 4) is 5.88 Å². The van der Waals surface area contributed by atoms with Crippen molar-refractivity contribution in [2.24, 2.45) is 0 Å². The molecule has 2 aromatic rings. The van der Waals surface area contributed by atoms with Crippen molar-refractivity contribution in [2.75, 3.05) is 12.4 Å². The maximum Gasteiger partial charge on any atom is 0.248 e. The molecule has 0 bridgehead atoms. The van der Waals surface area contributed by atoms with Gasteiger partial charge in [0, 0.05) is 11.5 Å². The molecule has 6 nitrogen and oxygen atoms in total. The molecular formula is C14H20N4O2. The molecule has 108 valence electrons. The predicted molar refractivity (Wildman–Crippen MR) is 75.8 cm³/mol. The van der Waals surface area contributed by atoms with Crippen LogP contribution in [0.15, 0.2) is 22.9 Å². The number of aromatic nitrogens is 3. The molecule has 0 unspecified atom stereocenters. The zero-order valence-electron chi connectivity index (χ0n) is 12.5. The van der Waals surface area contributed by atoms with Gasteiger partial charge in [0.1, 0.15) is 6.04 Å². The molecule has 2 aromatic heterocycles. The SMILES string of the molecule is COc1ccc(N[C@@H](C)c2nc(C(C)(C)C)no2)cn1. The van der Waals surface area contributed by atoms with Crippen LogP contribution in [0.4, 0.5) is 5.69 Å². The first-order valence-corrected chi connectivity index (χ1v) is 6.51. The Bertz CT molecular complexity index is 557. The van der Waals surface area contributed by atoms with Gasteiger partial charge >= 0.3 is 0 Å². The molecule has 0 saturated heterocycles. The minimum absolute atomic E-state index is 0.0891. The van der Waals surface area contributed by atoms with Gasteiger partial charge in [-0.3, -0.25) is 0 Å². The standard InChI is InChI=1S/C14H20N4O2/c1-9(12-17-13(18-20-12)14(2,3)4)16-10-6-7-11(19-5)15-8-10/h6-9,16H,1-5H3/t9-/m0/s1. The molecule has 20 heavy (non-hydrogen) atoms. The first-order chi connectivity index (χ1) is 9.40. The van der Waals surface area contributed by atoms with Crippen molar-refractivity contribution in [3.63, 3.8) is 0 Å². The Morgan fingerprint density at radius 2 is 2.05 bits per heavy atom. The molecule has 0 spiro atoms. The lowest BCUT2D eigenvalue weighted by molar-refractivity contribution is 0.354.